The Morgan fingerprint density at radius 2 is 2.07 bits per heavy atom. The van der Waals surface area contributed by atoms with Crippen LogP contribution in [-0.2, 0) is 29.1 Å². The number of ether oxygens (including phenoxy) is 1. The van der Waals surface area contributed by atoms with Crippen LogP contribution in [0.25, 0.3) is 0 Å². The van der Waals surface area contributed by atoms with E-state index in [4.69, 9.17) is 16.3 Å². The SMILES string of the molecule is CC1Oc2ccc(NC(=O)Cc3cccs3)cc2CN(Cc2ccccc2Cl)C1=O. The number of nitrogens with one attached hydrogen (secondary N) is 1. The maximum atomic E-state index is 12.9. The van der Waals surface area contributed by atoms with Gasteiger partial charge < -0.3 is 15.0 Å². The van der Waals surface area contributed by atoms with Crippen LogP contribution in [0.1, 0.15) is 22.9 Å². The van der Waals surface area contributed by atoms with Gasteiger partial charge in [-0.05, 0) is 48.2 Å². The number of thiophene rings is 1. The first-order valence-corrected chi connectivity index (χ1v) is 10.9. The summed E-state index contributed by atoms with van der Waals surface area (Å²) in [6, 6.07) is 16.8. The molecule has 0 fully saturated rings. The molecule has 2 heterocycles. The third-order valence-electron chi connectivity index (χ3n) is 4.90. The van der Waals surface area contributed by atoms with Crippen LogP contribution in [0.2, 0.25) is 5.02 Å². The van der Waals surface area contributed by atoms with Crippen LogP contribution in [-0.4, -0.2) is 22.8 Å². The normalized spacial score (nSPS) is 15.9. The summed E-state index contributed by atoms with van der Waals surface area (Å²) in [4.78, 5) is 27.9. The van der Waals surface area contributed by atoms with Gasteiger partial charge in [-0.25, -0.2) is 0 Å². The molecule has 1 aliphatic heterocycles. The third kappa shape index (κ3) is 4.66. The molecule has 1 unspecified atom stereocenters. The lowest BCUT2D eigenvalue weighted by Gasteiger charge is -2.22. The predicted molar refractivity (Wildman–Crippen MR) is 119 cm³/mol. The van der Waals surface area contributed by atoms with Crippen LogP contribution < -0.4 is 10.1 Å². The lowest BCUT2D eigenvalue weighted by Crippen LogP contribution is -2.37. The van der Waals surface area contributed by atoms with Crippen molar-refractivity contribution in [2.24, 2.45) is 0 Å². The fraction of sp³-hybridized carbons (Fsp3) is 0.217. The summed E-state index contributed by atoms with van der Waals surface area (Å²) in [5, 5.41) is 5.51. The van der Waals surface area contributed by atoms with Gasteiger partial charge in [-0.2, -0.15) is 0 Å². The van der Waals surface area contributed by atoms with E-state index in [2.05, 4.69) is 5.32 Å². The van der Waals surface area contributed by atoms with Crippen LogP contribution in [0.5, 0.6) is 5.75 Å². The number of amides is 2. The minimum absolute atomic E-state index is 0.0793. The van der Waals surface area contributed by atoms with Crippen LogP contribution >= 0.6 is 22.9 Å². The van der Waals surface area contributed by atoms with Crippen molar-refractivity contribution in [3.8, 4) is 5.75 Å². The number of nitrogens with zero attached hydrogens (tertiary/aromatic N) is 1. The maximum absolute atomic E-state index is 12.9. The number of hydrogen-bond acceptors (Lipinski definition) is 4. The van der Waals surface area contributed by atoms with E-state index in [1.54, 1.807) is 35.3 Å². The molecule has 0 radical (unpaired) electrons. The molecule has 3 aromatic rings. The van der Waals surface area contributed by atoms with Crippen molar-refractivity contribution in [3.05, 3.63) is 81.0 Å². The fourth-order valence-electron chi connectivity index (χ4n) is 3.42. The molecule has 0 bridgehead atoms. The topological polar surface area (TPSA) is 58.6 Å². The smallest absolute Gasteiger partial charge is 0.263 e. The first kappa shape index (κ1) is 20.4. The lowest BCUT2D eigenvalue weighted by atomic mass is 10.1. The average Bonchev–Trinajstić information content (AvgIpc) is 3.19. The molecule has 1 aromatic heterocycles. The summed E-state index contributed by atoms with van der Waals surface area (Å²) in [5.74, 6) is 0.465. The molecule has 30 heavy (non-hydrogen) atoms. The Bertz CT molecular complexity index is 1070. The molecule has 7 heteroatoms. The van der Waals surface area contributed by atoms with E-state index in [-0.39, 0.29) is 11.8 Å². The maximum Gasteiger partial charge on any atom is 0.263 e. The number of fused-ring (bicyclic) bond motifs is 1. The minimum atomic E-state index is -0.604. The van der Waals surface area contributed by atoms with Crippen molar-refractivity contribution in [1.82, 2.24) is 4.90 Å². The van der Waals surface area contributed by atoms with Crippen molar-refractivity contribution < 1.29 is 14.3 Å². The number of rotatable bonds is 5. The van der Waals surface area contributed by atoms with Crippen molar-refractivity contribution in [2.45, 2.75) is 32.5 Å². The molecular formula is C23H21ClN2O3S. The number of carbonyl (C=O) groups excluding carboxylic acids is 2. The van der Waals surface area contributed by atoms with Gasteiger partial charge >= 0.3 is 0 Å². The van der Waals surface area contributed by atoms with Crippen molar-refractivity contribution in [2.75, 3.05) is 5.32 Å². The molecule has 0 saturated heterocycles. The molecule has 154 valence electrons. The Kier molecular flexibility index (Phi) is 6.06. The number of benzene rings is 2. The number of hydrogen-bond donors (Lipinski definition) is 1. The van der Waals surface area contributed by atoms with Gasteiger partial charge in [0.1, 0.15) is 5.75 Å². The van der Waals surface area contributed by atoms with E-state index in [1.807, 2.05) is 47.8 Å². The molecule has 1 aliphatic rings. The predicted octanol–water partition coefficient (Wildman–Crippen LogP) is 4.89. The van der Waals surface area contributed by atoms with Gasteiger partial charge in [0.05, 0.1) is 6.42 Å². The summed E-state index contributed by atoms with van der Waals surface area (Å²) in [5.41, 5.74) is 2.40. The standard InChI is InChI=1S/C23H21ClN2O3S/c1-15-23(28)26(13-16-5-2-3-7-20(16)24)14-17-11-18(8-9-21(17)29-15)25-22(27)12-19-6-4-10-30-19/h2-11,15H,12-14H2,1H3,(H,25,27). The summed E-state index contributed by atoms with van der Waals surface area (Å²) < 4.78 is 5.88. The second-order valence-corrected chi connectivity index (χ2v) is 8.61. The molecule has 4 rings (SSSR count). The highest BCUT2D eigenvalue weighted by Crippen LogP contribution is 2.30. The highest BCUT2D eigenvalue weighted by molar-refractivity contribution is 7.10. The van der Waals surface area contributed by atoms with Gasteiger partial charge in [0.15, 0.2) is 6.10 Å². The van der Waals surface area contributed by atoms with Gasteiger partial charge in [-0.3, -0.25) is 9.59 Å². The Labute approximate surface area is 184 Å². The summed E-state index contributed by atoms with van der Waals surface area (Å²) in [6.45, 7) is 2.51. The van der Waals surface area contributed by atoms with Crippen molar-refractivity contribution in [1.29, 1.82) is 0 Å². The first-order valence-electron chi connectivity index (χ1n) is 9.63. The van der Waals surface area contributed by atoms with E-state index < -0.39 is 6.10 Å². The van der Waals surface area contributed by atoms with Crippen molar-refractivity contribution in [3.63, 3.8) is 0 Å². The molecule has 1 atom stereocenters. The third-order valence-corrected chi connectivity index (χ3v) is 6.15. The quantitative estimate of drug-likeness (QED) is 0.614. The molecule has 0 spiro atoms. The van der Waals surface area contributed by atoms with E-state index in [0.717, 1.165) is 16.0 Å². The van der Waals surface area contributed by atoms with Gasteiger partial charge in [0.2, 0.25) is 5.91 Å². The summed E-state index contributed by atoms with van der Waals surface area (Å²) in [7, 11) is 0. The Balaban J connectivity index is 1.54. The zero-order valence-corrected chi connectivity index (χ0v) is 18.0. The first-order chi connectivity index (χ1) is 14.5. The second-order valence-electron chi connectivity index (χ2n) is 7.17. The van der Waals surface area contributed by atoms with Gasteiger partial charge in [-0.15, -0.1) is 11.3 Å². The largest absolute Gasteiger partial charge is 0.481 e. The van der Waals surface area contributed by atoms with Crippen molar-refractivity contribution >= 4 is 40.4 Å². The molecule has 2 aromatic carbocycles. The van der Waals surface area contributed by atoms with Crippen LogP contribution in [0, 0.1) is 0 Å². The molecule has 0 saturated carbocycles. The van der Waals surface area contributed by atoms with E-state index >= 15 is 0 Å². The van der Waals surface area contributed by atoms with Gasteiger partial charge in [-0.1, -0.05) is 35.9 Å². The number of carbonyl (C=O) groups is 2. The minimum Gasteiger partial charge on any atom is -0.481 e. The van der Waals surface area contributed by atoms with E-state index in [0.29, 0.717) is 36.0 Å². The molecule has 0 aliphatic carbocycles. The number of anilines is 1. The Morgan fingerprint density at radius 1 is 1.23 bits per heavy atom. The summed E-state index contributed by atoms with van der Waals surface area (Å²) in [6.07, 6.45) is -0.271. The average molecular weight is 441 g/mol. The van der Waals surface area contributed by atoms with E-state index in [9.17, 15) is 9.59 Å². The van der Waals surface area contributed by atoms with Crippen LogP contribution in [0.15, 0.2) is 60.0 Å². The van der Waals surface area contributed by atoms with Crippen LogP contribution in [0.3, 0.4) is 0 Å². The van der Waals surface area contributed by atoms with Crippen LogP contribution in [0.4, 0.5) is 5.69 Å². The zero-order chi connectivity index (χ0) is 21.1. The zero-order valence-electron chi connectivity index (χ0n) is 16.4. The highest BCUT2D eigenvalue weighted by atomic mass is 35.5. The van der Waals surface area contributed by atoms with E-state index in [1.165, 1.54) is 0 Å². The fourth-order valence-corrected chi connectivity index (χ4v) is 4.32. The summed E-state index contributed by atoms with van der Waals surface area (Å²) >= 11 is 7.85. The monoisotopic (exact) mass is 440 g/mol. The Hall–Kier alpha value is -2.83. The highest BCUT2D eigenvalue weighted by Gasteiger charge is 2.28. The van der Waals surface area contributed by atoms with Gasteiger partial charge in [0.25, 0.3) is 5.91 Å². The molecule has 1 N–H and O–H groups in total. The number of halogens is 1. The lowest BCUT2D eigenvalue weighted by molar-refractivity contribution is -0.138. The van der Waals surface area contributed by atoms with Gasteiger partial charge in [0, 0.05) is 34.2 Å². The second kappa shape index (κ2) is 8.90. The molecule has 5 nitrogen and oxygen atoms in total. The molecule has 2 amide bonds. The Morgan fingerprint density at radius 3 is 2.83 bits per heavy atom. The molecular weight excluding hydrogens is 420 g/mol.